The van der Waals surface area contributed by atoms with Crippen LogP contribution in [0.1, 0.15) is 48.0 Å². The minimum Gasteiger partial charge on any atom is -0.267 e. The number of sulfonamides is 1. The highest BCUT2D eigenvalue weighted by Crippen LogP contribution is 2.30. The second-order valence-corrected chi connectivity index (χ2v) is 10.5. The highest BCUT2D eigenvalue weighted by Gasteiger charge is 2.21. The number of carbonyl (C=O) groups is 2. The zero-order chi connectivity index (χ0) is 22.7. The Kier molecular flexibility index (Phi) is 6.40. The van der Waals surface area contributed by atoms with Crippen LogP contribution in [0, 0.1) is 6.92 Å². The topological polar surface area (TPSA) is 104 Å². The van der Waals surface area contributed by atoms with Gasteiger partial charge in [-0.2, -0.15) is 0 Å². The van der Waals surface area contributed by atoms with Gasteiger partial charge in [-0.1, -0.05) is 36.4 Å². The van der Waals surface area contributed by atoms with Crippen molar-refractivity contribution in [2.45, 2.75) is 37.6 Å². The van der Waals surface area contributed by atoms with Gasteiger partial charge in [-0.05, 0) is 61.1 Å². The third-order valence-electron chi connectivity index (χ3n) is 5.31. The average Bonchev–Trinajstić information content (AvgIpc) is 3.39. The largest absolute Gasteiger partial charge is 0.279 e. The van der Waals surface area contributed by atoms with Gasteiger partial charge in [0.2, 0.25) is 10.0 Å². The minimum absolute atomic E-state index is 0.0158. The Bertz CT molecular complexity index is 1250. The molecule has 0 saturated heterocycles. The molecule has 1 aromatic heterocycles. The predicted molar refractivity (Wildman–Crippen MR) is 123 cm³/mol. The summed E-state index contributed by atoms with van der Waals surface area (Å²) in [6.45, 7) is 1.80. The maximum Gasteiger partial charge on any atom is 0.279 e. The third kappa shape index (κ3) is 4.90. The van der Waals surface area contributed by atoms with E-state index in [9.17, 15) is 18.0 Å². The molecule has 0 aliphatic heterocycles. The van der Waals surface area contributed by atoms with Crippen LogP contribution >= 0.6 is 11.3 Å². The first-order valence-electron chi connectivity index (χ1n) is 10.2. The number of aryl methyl sites for hydroxylation is 3. The molecule has 0 spiro atoms. The van der Waals surface area contributed by atoms with Crippen molar-refractivity contribution in [2.24, 2.45) is 0 Å². The van der Waals surface area contributed by atoms with E-state index in [2.05, 4.69) is 15.6 Å². The molecule has 0 fully saturated rings. The number of carbonyl (C=O) groups excluding carboxylic acids is 2. The summed E-state index contributed by atoms with van der Waals surface area (Å²) >= 11 is 1.44. The lowest BCUT2D eigenvalue weighted by molar-refractivity contribution is 0.0848. The number of thiophene rings is 1. The zero-order valence-electron chi connectivity index (χ0n) is 17.5. The van der Waals surface area contributed by atoms with Crippen molar-refractivity contribution in [3.63, 3.8) is 0 Å². The van der Waals surface area contributed by atoms with Crippen molar-refractivity contribution in [3.8, 4) is 0 Å². The van der Waals surface area contributed by atoms with Gasteiger partial charge in [-0.15, -0.1) is 11.3 Å². The number of fused-ring (bicyclic) bond motifs is 1. The smallest absolute Gasteiger partial charge is 0.267 e. The van der Waals surface area contributed by atoms with Crippen LogP contribution in [-0.4, -0.2) is 20.2 Å². The molecule has 0 atom stereocenters. The molecule has 0 bridgehead atoms. The van der Waals surface area contributed by atoms with Crippen molar-refractivity contribution in [1.82, 2.24) is 15.6 Å². The zero-order valence-corrected chi connectivity index (χ0v) is 19.1. The summed E-state index contributed by atoms with van der Waals surface area (Å²) in [5.74, 6) is -0.982. The van der Waals surface area contributed by atoms with Crippen LogP contribution in [-0.2, 0) is 29.4 Å². The van der Waals surface area contributed by atoms with E-state index in [1.807, 2.05) is 36.4 Å². The summed E-state index contributed by atoms with van der Waals surface area (Å²) in [6.07, 6.45) is 3.07. The van der Waals surface area contributed by atoms with Crippen LogP contribution < -0.4 is 15.6 Å². The van der Waals surface area contributed by atoms with Crippen LogP contribution in [0.15, 0.2) is 59.5 Å². The van der Waals surface area contributed by atoms with Crippen LogP contribution in [0.3, 0.4) is 0 Å². The van der Waals surface area contributed by atoms with Crippen LogP contribution in [0.5, 0.6) is 0 Å². The van der Waals surface area contributed by atoms with Gasteiger partial charge < -0.3 is 0 Å². The normalized spacial score (nSPS) is 12.9. The van der Waals surface area contributed by atoms with Gasteiger partial charge in [0.15, 0.2) is 0 Å². The lowest BCUT2D eigenvalue weighted by Gasteiger charge is -2.12. The first kappa shape index (κ1) is 22.2. The maximum absolute atomic E-state index is 12.8. The number of hydrazine groups is 1. The highest BCUT2D eigenvalue weighted by molar-refractivity contribution is 7.89. The fourth-order valence-corrected chi connectivity index (χ4v) is 6.01. The second kappa shape index (κ2) is 9.23. The van der Waals surface area contributed by atoms with E-state index in [-0.39, 0.29) is 22.9 Å². The van der Waals surface area contributed by atoms with E-state index < -0.39 is 15.9 Å². The van der Waals surface area contributed by atoms with Gasteiger partial charge in [-0.3, -0.25) is 20.4 Å². The molecule has 1 aliphatic rings. The number of rotatable bonds is 6. The number of hydrogen-bond acceptors (Lipinski definition) is 5. The molecule has 166 valence electrons. The first-order valence-corrected chi connectivity index (χ1v) is 12.5. The molecule has 32 heavy (non-hydrogen) atoms. The Morgan fingerprint density at radius 2 is 1.72 bits per heavy atom. The lowest BCUT2D eigenvalue weighted by atomic mass is 10.1. The molecule has 0 saturated carbocycles. The summed E-state index contributed by atoms with van der Waals surface area (Å²) in [7, 11) is -3.83. The molecule has 0 unspecified atom stereocenters. The number of hydrogen-bond donors (Lipinski definition) is 3. The van der Waals surface area contributed by atoms with Crippen molar-refractivity contribution in [2.75, 3.05) is 0 Å². The second-order valence-electron chi connectivity index (χ2n) is 7.61. The molecular formula is C23H23N3O4S2. The molecule has 2 amide bonds. The average molecular weight is 470 g/mol. The van der Waals surface area contributed by atoms with E-state index >= 15 is 0 Å². The standard InChI is InChI=1S/C23H23N3O4S2/c1-15-10-11-18(13-21(15)32(29,30)24-14-16-6-3-2-4-7-16)22(27)25-26-23(28)20-12-17-8-5-9-19(17)31-20/h2-4,6-7,10-13,24H,5,8-9,14H2,1H3,(H,25,27)(H,26,28). The Morgan fingerprint density at radius 1 is 0.969 bits per heavy atom. The van der Waals surface area contributed by atoms with E-state index in [1.54, 1.807) is 13.0 Å². The molecule has 0 radical (unpaired) electrons. The fraction of sp³-hybridized carbons (Fsp3) is 0.217. The number of benzene rings is 2. The summed E-state index contributed by atoms with van der Waals surface area (Å²) in [4.78, 5) is 26.7. The summed E-state index contributed by atoms with van der Waals surface area (Å²) < 4.78 is 28.2. The van der Waals surface area contributed by atoms with Crippen LogP contribution in [0.4, 0.5) is 0 Å². The van der Waals surface area contributed by atoms with E-state index in [1.165, 1.54) is 33.9 Å². The summed E-state index contributed by atoms with van der Waals surface area (Å²) in [6, 6.07) is 15.4. The van der Waals surface area contributed by atoms with Gasteiger partial charge in [0, 0.05) is 17.0 Å². The van der Waals surface area contributed by atoms with Crippen molar-refractivity contribution >= 4 is 33.2 Å². The monoisotopic (exact) mass is 469 g/mol. The Labute approximate surface area is 190 Å². The Hall–Kier alpha value is -3.01. The molecule has 1 heterocycles. The van der Waals surface area contributed by atoms with E-state index in [4.69, 9.17) is 0 Å². The molecule has 4 rings (SSSR count). The van der Waals surface area contributed by atoms with Gasteiger partial charge in [0.1, 0.15) is 0 Å². The van der Waals surface area contributed by atoms with Crippen LogP contribution in [0.2, 0.25) is 0 Å². The molecule has 9 heteroatoms. The molecule has 3 N–H and O–H groups in total. The Balaban J connectivity index is 1.42. The van der Waals surface area contributed by atoms with E-state index in [0.29, 0.717) is 10.4 Å². The minimum atomic E-state index is -3.83. The molecular weight excluding hydrogens is 446 g/mol. The van der Waals surface area contributed by atoms with Gasteiger partial charge in [-0.25, -0.2) is 13.1 Å². The molecule has 7 nitrogen and oxygen atoms in total. The van der Waals surface area contributed by atoms with Crippen LogP contribution in [0.25, 0.3) is 0 Å². The first-order chi connectivity index (χ1) is 15.3. The van der Waals surface area contributed by atoms with Gasteiger partial charge in [0.05, 0.1) is 9.77 Å². The third-order valence-corrected chi connectivity index (χ3v) is 8.09. The molecule has 2 aromatic carbocycles. The van der Waals surface area contributed by atoms with E-state index in [0.717, 1.165) is 24.8 Å². The predicted octanol–water partition coefficient (Wildman–Crippen LogP) is 3.10. The highest BCUT2D eigenvalue weighted by atomic mass is 32.2. The maximum atomic E-state index is 12.8. The molecule has 3 aromatic rings. The van der Waals surface area contributed by atoms with Gasteiger partial charge in [0.25, 0.3) is 11.8 Å². The summed E-state index contributed by atoms with van der Waals surface area (Å²) in [5, 5.41) is 0. The summed E-state index contributed by atoms with van der Waals surface area (Å²) in [5.41, 5.74) is 7.45. The Morgan fingerprint density at radius 3 is 2.47 bits per heavy atom. The number of nitrogens with one attached hydrogen (secondary N) is 3. The van der Waals surface area contributed by atoms with Crippen molar-refractivity contribution < 1.29 is 18.0 Å². The quantitative estimate of drug-likeness (QED) is 0.483. The van der Waals surface area contributed by atoms with Crippen molar-refractivity contribution in [1.29, 1.82) is 0 Å². The molecule has 1 aliphatic carbocycles. The fourth-order valence-electron chi connectivity index (χ4n) is 3.57. The van der Waals surface area contributed by atoms with Gasteiger partial charge >= 0.3 is 0 Å². The SMILES string of the molecule is Cc1ccc(C(=O)NNC(=O)c2cc3c(s2)CCC3)cc1S(=O)(=O)NCc1ccccc1. The van der Waals surface area contributed by atoms with Crippen molar-refractivity contribution in [3.05, 3.63) is 86.6 Å². The lowest BCUT2D eigenvalue weighted by Crippen LogP contribution is -2.41. The number of amides is 2.